The summed E-state index contributed by atoms with van der Waals surface area (Å²) in [5, 5.41) is 0. The molecule has 0 unspecified atom stereocenters. The first-order valence-electron chi connectivity index (χ1n) is 5.54. The average Bonchev–Trinajstić information content (AvgIpc) is 2.34. The molecule has 0 spiro atoms. The quantitative estimate of drug-likeness (QED) is 0.912. The molecule has 0 fully saturated rings. The number of rotatable bonds is 3. The minimum absolute atomic E-state index is 0.000911. The van der Waals surface area contributed by atoms with Crippen LogP contribution in [0.5, 0.6) is 11.5 Å². The van der Waals surface area contributed by atoms with E-state index in [0.29, 0.717) is 16.0 Å². The van der Waals surface area contributed by atoms with E-state index < -0.39 is 0 Å². The van der Waals surface area contributed by atoms with Gasteiger partial charge in [0.25, 0.3) is 0 Å². The second kappa shape index (κ2) is 5.50. The molecule has 0 bridgehead atoms. The number of benzene rings is 2. The van der Waals surface area contributed by atoms with Gasteiger partial charge >= 0.3 is 0 Å². The Balaban J connectivity index is 2.15. The van der Waals surface area contributed by atoms with Gasteiger partial charge in [0, 0.05) is 6.04 Å². The van der Waals surface area contributed by atoms with E-state index in [4.69, 9.17) is 10.5 Å². The molecule has 2 rings (SSSR count). The van der Waals surface area contributed by atoms with Crippen LogP contribution < -0.4 is 10.5 Å². The first kappa shape index (κ1) is 13.1. The van der Waals surface area contributed by atoms with E-state index >= 15 is 0 Å². The molecular weight excluding hydrogens is 297 g/mol. The van der Waals surface area contributed by atoms with Gasteiger partial charge in [-0.3, -0.25) is 0 Å². The lowest BCUT2D eigenvalue weighted by Crippen LogP contribution is -2.04. The fourth-order valence-electron chi connectivity index (χ4n) is 1.52. The number of nitrogens with two attached hydrogens (primary N) is 1. The maximum absolute atomic E-state index is 13.1. The minimum Gasteiger partial charge on any atom is -0.457 e. The van der Waals surface area contributed by atoms with E-state index in [2.05, 4.69) is 15.9 Å². The van der Waals surface area contributed by atoms with E-state index in [-0.39, 0.29) is 11.9 Å². The van der Waals surface area contributed by atoms with Crippen LogP contribution >= 0.6 is 15.9 Å². The van der Waals surface area contributed by atoms with Gasteiger partial charge in [0.05, 0.1) is 4.47 Å². The van der Waals surface area contributed by atoms with Crippen LogP contribution in [-0.2, 0) is 0 Å². The Morgan fingerprint density at radius 1 is 1.11 bits per heavy atom. The summed E-state index contributed by atoms with van der Waals surface area (Å²) < 4.78 is 19.1. The first-order chi connectivity index (χ1) is 8.56. The first-order valence-corrected chi connectivity index (χ1v) is 6.34. The normalized spacial score (nSPS) is 12.2. The molecule has 0 heterocycles. The highest BCUT2D eigenvalue weighted by atomic mass is 79.9. The van der Waals surface area contributed by atoms with Crippen LogP contribution in [0.4, 0.5) is 4.39 Å². The minimum atomic E-state index is -0.311. The van der Waals surface area contributed by atoms with Gasteiger partial charge in [0.15, 0.2) is 0 Å². The summed E-state index contributed by atoms with van der Waals surface area (Å²) in [5.74, 6) is 0.962. The molecule has 2 N–H and O–H groups in total. The van der Waals surface area contributed by atoms with Gasteiger partial charge in [-0.2, -0.15) is 0 Å². The Morgan fingerprint density at radius 2 is 1.72 bits per heavy atom. The molecule has 0 aliphatic heterocycles. The van der Waals surface area contributed by atoms with Crippen molar-refractivity contribution in [3.05, 3.63) is 58.3 Å². The van der Waals surface area contributed by atoms with Gasteiger partial charge in [-0.15, -0.1) is 0 Å². The molecule has 0 saturated heterocycles. The third-order valence-corrected chi connectivity index (χ3v) is 3.14. The molecule has 0 aliphatic rings. The van der Waals surface area contributed by atoms with Crippen molar-refractivity contribution < 1.29 is 9.13 Å². The molecule has 18 heavy (non-hydrogen) atoms. The van der Waals surface area contributed by atoms with Gasteiger partial charge in [0.1, 0.15) is 17.3 Å². The smallest absolute Gasteiger partial charge is 0.137 e. The summed E-state index contributed by atoms with van der Waals surface area (Å²) in [4.78, 5) is 0. The lowest BCUT2D eigenvalue weighted by molar-refractivity contribution is 0.479. The molecule has 2 aromatic rings. The largest absolute Gasteiger partial charge is 0.457 e. The van der Waals surface area contributed by atoms with Crippen molar-refractivity contribution in [2.75, 3.05) is 0 Å². The highest BCUT2D eigenvalue weighted by molar-refractivity contribution is 9.10. The monoisotopic (exact) mass is 309 g/mol. The van der Waals surface area contributed by atoms with E-state index in [1.54, 1.807) is 12.1 Å². The van der Waals surface area contributed by atoms with E-state index in [1.165, 1.54) is 6.07 Å². The molecule has 0 radical (unpaired) electrons. The molecular formula is C14H13BrFNO. The summed E-state index contributed by atoms with van der Waals surface area (Å²) in [6, 6.07) is 12.0. The van der Waals surface area contributed by atoms with E-state index in [0.717, 1.165) is 5.56 Å². The Hall–Kier alpha value is -1.39. The fourth-order valence-corrected chi connectivity index (χ4v) is 1.87. The number of hydrogen-bond acceptors (Lipinski definition) is 2. The Bertz CT molecular complexity index is 540. The van der Waals surface area contributed by atoms with Gasteiger partial charge < -0.3 is 10.5 Å². The summed E-state index contributed by atoms with van der Waals surface area (Å²) >= 11 is 3.12. The summed E-state index contributed by atoms with van der Waals surface area (Å²) in [7, 11) is 0. The van der Waals surface area contributed by atoms with Crippen LogP contribution in [-0.4, -0.2) is 0 Å². The lowest BCUT2D eigenvalue weighted by Gasteiger charge is -2.09. The van der Waals surface area contributed by atoms with Gasteiger partial charge in [-0.05, 0) is 58.7 Å². The lowest BCUT2D eigenvalue weighted by atomic mass is 10.1. The van der Waals surface area contributed by atoms with E-state index in [1.807, 2.05) is 31.2 Å². The zero-order chi connectivity index (χ0) is 13.1. The summed E-state index contributed by atoms with van der Waals surface area (Å²) in [5.41, 5.74) is 6.81. The number of hydrogen-bond donors (Lipinski definition) is 1. The molecule has 0 aliphatic carbocycles. The highest BCUT2D eigenvalue weighted by Gasteiger charge is 2.03. The SMILES string of the molecule is C[C@@H](N)c1ccc(Oc2ccc(F)c(Br)c2)cc1. The van der Waals surface area contributed by atoms with Crippen LogP contribution in [0.1, 0.15) is 18.5 Å². The molecule has 0 amide bonds. The molecule has 2 aromatic carbocycles. The van der Waals surface area contributed by atoms with Crippen LogP contribution in [0.15, 0.2) is 46.9 Å². The zero-order valence-electron chi connectivity index (χ0n) is 9.86. The maximum atomic E-state index is 13.1. The molecule has 4 heteroatoms. The molecule has 0 aromatic heterocycles. The molecule has 0 saturated carbocycles. The van der Waals surface area contributed by atoms with Crippen molar-refractivity contribution in [3.63, 3.8) is 0 Å². The molecule has 1 atom stereocenters. The van der Waals surface area contributed by atoms with Crippen LogP contribution in [0.2, 0.25) is 0 Å². The summed E-state index contributed by atoms with van der Waals surface area (Å²) in [6.07, 6.45) is 0. The van der Waals surface area contributed by atoms with Gasteiger partial charge in [0.2, 0.25) is 0 Å². The predicted octanol–water partition coefficient (Wildman–Crippen LogP) is 4.40. The topological polar surface area (TPSA) is 35.2 Å². The van der Waals surface area contributed by atoms with Crippen LogP contribution in [0.3, 0.4) is 0 Å². The zero-order valence-corrected chi connectivity index (χ0v) is 11.4. The Labute approximate surface area is 114 Å². The average molecular weight is 310 g/mol. The van der Waals surface area contributed by atoms with Crippen LogP contribution in [0, 0.1) is 5.82 Å². The Kier molecular flexibility index (Phi) is 3.99. The second-order valence-corrected chi connectivity index (χ2v) is 4.89. The number of ether oxygens (including phenoxy) is 1. The van der Waals surface area contributed by atoms with Crippen molar-refractivity contribution in [2.45, 2.75) is 13.0 Å². The third-order valence-electron chi connectivity index (χ3n) is 2.53. The fraction of sp³-hybridized carbons (Fsp3) is 0.143. The van der Waals surface area contributed by atoms with Crippen LogP contribution in [0.25, 0.3) is 0 Å². The Morgan fingerprint density at radius 3 is 2.28 bits per heavy atom. The number of halogens is 2. The highest BCUT2D eigenvalue weighted by Crippen LogP contribution is 2.27. The van der Waals surface area contributed by atoms with Crippen molar-refractivity contribution in [1.29, 1.82) is 0 Å². The second-order valence-electron chi connectivity index (χ2n) is 4.04. The van der Waals surface area contributed by atoms with Gasteiger partial charge in [-0.1, -0.05) is 12.1 Å². The predicted molar refractivity (Wildman–Crippen MR) is 73.2 cm³/mol. The van der Waals surface area contributed by atoms with Crippen molar-refractivity contribution in [1.82, 2.24) is 0 Å². The standard InChI is InChI=1S/C14H13BrFNO/c1-9(17)10-2-4-11(5-3-10)18-12-6-7-14(16)13(15)8-12/h2-9H,17H2,1H3/t9-/m1/s1. The summed E-state index contributed by atoms with van der Waals surface area (Å²) in [6.45, 7) is 1.92. The van der Waals surface area contributed by atoms with Gasteiger partial charge in [-0.25, -0.2) is 4.39 Å². The maximum Gasteiger partial charge on any atom is 0.137 e. The third kappa shape index (κ3) is 3.09. The molecule has 2 nitrogen and oxygen atoms in total. The van der Waals surface area contributed by atoms with Crippen molar-refractivity contribution in [2.24, 2.45) is 5.73 Å². The van der Waals surface area contributed by atoms with E-state index in [9.17, 15) is 4.39 Å². The van der Waals surface area contributed by atoms with Crippen molar-refractivity contribution in [3.8, 4) is 11.5 Å². The van der Waals surface area contributed by atoms with Crippen molar-refractivity contribution >= 4 is 15.9 Å². The molecule has 94 valence electrons.